The minimum absolute atomic E-state index is 1.34. The van der Waals surface area contributed by atoms with Crippen LogP contribution < -0.4 is 0 Å². The zero-order chi connectivity index (χ0) is 13.3. The second kappa shape index (κ2) is 5.74. The predicted octanol–water partition coefficient (Wildman–Crippen LogP) is 5.78. The fourth-order valence-corrected chi connectivity index (χ4v) is 10.0. The third-order valence-electron chi connectivity index (χ3n) is 2.98. The van der Waals surface area contributed by atoms with E-state index in [9.17, 15) is 0 Å². The number of aryl methyl sites for hydroxylation is 4. The van der Waals surface area contributed by atoms with Crippen LogP contribution in [-0.2, 0) is 0 Å². The molecule has 0 aromatic heterocycles. The van der Waals surface area contributed by atoms with Crippen molar-refractivity contribution in [1.82, 2.24) is 0 Å². The van der Waals surface area contributed by atoms with Gasteiger partial charge in [-0.25, -0.2) is 0 Å². The molecular formula is C16H18BrI. The number of benzene rings is 2. The Morgan fingerprint density at radius 2 is 1.11 bits per heavy atom. The van der Waals surface area contributed by atoms with Gasteiger partial charge in [0.1, 0.15) is 0 Å². The number of halogens is 2. The Bertz CT molecular complexity index is 524. The number of hydrogen-bond acceptors (Lipinski definition) is 0. The predicted molar refractivity (Wildman–Crippen MR) is 92.2 cm³/mol. The molecule has 0 saturated carbocycles. The summed E-state index contributed by atoms with van der Waals surface area (Å²) in [5.74, 6) is 0. The van der Waals surface area contributed by atoms with E-state index in [0.717, 1.165) is 0 Å². The maximum atomic E-state index is 4.00. The van der Waals surface area contributed by atoms with E-state index < -0.39 is 17.6 Å². The van der Waals surface area contributed by atoms with Gasteiger partial charge < -0.3 is 0 Å². The molecule has 96 valence electrons. The van der Waals surface area contributed by atoms with Crippen molar-refractivity contribution >= 4 is 30.3 Å². The zero-order valence-corrected chi connectivity index (χ0v) is 15.0. The van der Waals surface area contributed by atoms with E-state index in [1.54, 1.807) is 0 Å². The molecular weight excluding hydrogens is 399 g/mol. The van der Waals surface area contributed by atoms with Crippen LogP contribution in [0.25, 0.3) is 0 Å². The van der Waals surface area contributed by atoms with Gasteiger partial charge in [0.05, 0.1) is 0 Å². The Labute approximate surface area is 123 Å². The molecule has 0 N–H and O–H groups in total. The van der Waals surface area contributed by atoms with E-state index in [1.165, 1.54) is 29.4 Å². The van der Waals surface area contributed by atoms with Crippen molar-refractivity contribution in [2.75, 3.05) is 0 Å². The summed E-state index contributed by atoms with van der Waals surface area (Å²) in [5.41, 5.74) is 5.51. The molecule has 0 bridgehead atoms. The first-order valence-corrected chi connectivity index (χ1v) is 13.0. The van der Waals surface area contributed by atoms with Crippen LogP contribution in [0.2, 0.25) is 0 Å². The maximum absolute atomic E-state index is 4.00. The molecule has 18 heavy (non-hydrogen) atoms. The van der Waals surface area contributed by atoms with Crippen LogP contribution in [-0.4, -0.2) is 0 Å². The van der Waals surface area contributed by atoms with E-state index in [2.05, 4.69) is 76.8 Å². The van der Waals surface area contributed by atoms with Crippen molar-refractivity contribution in [2.45, 2.75) is 27.7 Å². The number of rotatable bonds is 2. The second-order valence-electron chi connectivity index (χ2n) is 4.74. The molecule has 0 fully saturated rings. The SMILES string of the molecule is Cc1ccc(I(Br)c2ccc(C)cc2C)c(C)c1. The molecule has 0 atom stereocenters. The molecule has 0 radical (unpaired) electrons. The summed E-state index contributed by atoms with van der Waals surface area (Å²) in [6.45, 7) is 8.75. The monoisotopic (exact) mass is 416 g/mol. The molecule has 2 heteroatoms. The third-order valence-corrected chi connectivity index (χ3v) is 11.8. The standard InChI is InChI=1S/C16H18BrI/c1-11-5-7-15(13(3)9-11)18(17)16-8-6-12(2)10-14(16)4/h5-10H,1-4H3. The molecule has 0 aliphatic rings. The summed E-state index contributed by atoms with van der Waals surface area (Å²) in [7, 11) is 0. The van der Waals surface area contributed by atoms with Crippen LogP contribution >= 0.6 is 30.3 Å². The van der Waals surface area contributed by atoms with Gasteiger partial charge in [-0.15, -0.1) is 0 Å². The van der Waals surface area contributed by atoms with E-state index >= 15 is 0 Å². The van der Waals surface area contributed by atoms with Gasteiger partial charge in [0.15, 0.2) is 0 Å². The van der Waals surface area contributed by atoms with Crippen LogP contribution in [0.4, 0.5) is 0 Å². The third kappa shape index (κ3) is 2.97. The molecule has 0 nitrogen and oxygen atoms in total. The van der Waals surface area contributed by atoms with Crippen molar-refractivity contribution < 1.29 is 0 Å². The van der Waals surface area contributed by atoms with Gasteiger partial charge in [0.25, 0.3) is 0 Å². The van der Waals surface area contributed by atoms with Crippen molar-refractivity contribution in [2.24, 2.45) is 0 Å². The summed E-state index contributed by atoms with van der Waals surface area (Å²) in [4.78, 5) is 0. The molecule has 0 aliphatic heterocycles. The Morgan fingerprint density at radius 1 is 0.722 bits per heavy atom. The molecule has 0 heterocycles. The Kier molecular flexibility index (Phi) is 4.49. The van der Waals surface area contributed by atoms with Crippen molar-refractivity contribution in [3.8, 4) is 0 Å². The fourth-order valence-electron chi connectivity index (χ4n) is 2.07. The quantitative estimate of drug-likeness (QED) is 0.544. The van der Waals surface area contributed by atoms with Crippen LogP contribution in [0.5, 0.6) is 0 Å². The topological polar surface area (TPSA) is 0 Å². The molecule has 2 aromatic rings. The average molecular weight is 417 g/mol. The summed E-state index contributed by atoms with van der Waals surface area (Å²) in [5, 5.41) is 0. The Balaban J connectivity index is 2.44. The summed E-state index contributed by atoms with van der Waals surface area (Å²) in [6, 6.07) is 13.6. The molecule has 0 unspecified atom stereocenters. The van der Waals surface area contributed by atoms with E-state index in [0.29, 0.717) is 0 Å². The van der Waals surface area contributed by atoms with Crippen molar-refractivity contribution in [3.63, 3.8) is 0 Å². The normalized spacial score (nSPS) is 11.5. The van der Waals surface area contributed by atoms with Crippen molar-refractivity contribution in [1.29, 1.82) is 0 Å². The first-order chi connectivity index (χ1) is 8.49. The summed E-state index contributed by atoms with van der Waals surface area (Å²) >= 11 is 2.58. The average Bonchev–Trinajstić information content (AvgIpc) is 2.28. The van der Waals surface area contributed by atoms with Crippen LogP contribution in [0, 0.1) is 34.8 Å². The molecule has 2 aromatic carbocycles. The second-order valence-corrected chi connectivity index (χ2v) is 12.4. The van der Waals surface area contributed by atoms with Gasteiger partial charge in [0, 0.05) is 0 Å². The van der Waals surface area contributed by atoms with Gasteiger partial charge >= 0.3 is 124 Å². The van der Waals surface area contributed by atoms with E-state index in [-0.39, 0.29) is 0 Å². The minimum atomic E-state index is -1.42. The molecule has 0 amide bonds. The van der Waals surface area contributed by atoms with Crippen molar-refractivity contribution in [3.05, 3.63) is 65.8 Å². The van der Waals surface area contributed by atoms with E-state index in [1.807, 2.05) is 0 Å². The molecule has 0 aliphatic carbocycles. The molecule has 0 saturated heterocycles. The van der Waals surface area contributed by atoms with E-state index in [4.69, 9.17) is 0 Å². The molecule has 2 rings (SSSR count). The fraction of sp³-hybridized carbons (Fsp3) is 0.250. The van der Waals surface area contributed by atoms with Crippen LogP contribution in [0.15, 0.2) is 36.4 Å². The molecule has 0 spiro atoms. The van der Waals surface area contributed by atoms with Crippen LogP contribution in [0.3, 0.4) is 0 Å². The summed E-state index contributed by atoms with van der Waals surface area (Å²) < 4.78 is 3.02. The first kappa shape index (κ1) is 14.1. The summed E-state index contributed by atoms with van der Waals surface area (Å²) in [6.07, 6.45) is 0. The first-order valence-electron chi connectivity index (χ1n) is 6.00. The van der Waals surface area contributed by atoms with Gasteiger partial charge in [0.2, 0.25) is 0 Å². The Morgan fingerprint density at radius 3 is 1.44 bits per heavy atom. The number of hydrogen-bond donors (Lipinski definition) is 0. The van der Waals surface area contributed by atoms with Gasteiger partial charge in [-0.05, 0) is 0 Å². The van der Waals surface area contributed by atoms with Crippen LogP contribution in [0.1, 0.15) is 22.3 Å². The van der Waals surface area contributed by atoms with Gasteiger partial charge in [-0.2, -0.15) is 0 Å². The van der Waals surface area contributed by atoms with Gasteiger partial charge in [-0.3, -0.25) is 0 Å². The van der Waals surface area contributed by atoms with Gasteiger partial charge in [-0.1, -0.05) is 0 Å². The Hall–Kier alpha value is -0.350. The zero-order valence-electron chi connectivity index (χ0n) is 11.2.